The van der Waals surface area contributed by atoms with Gasteiger partial charge in [0.1, 0.15) is 18.2 Å². The van der Waals surface area contributed by atoms with E-state index < -0.39 is 5.82 Å². The third-order valence-corrected chi connectivity index (χ3v) is 3.21. The first-order valence-corrected chi connectivity index (χ1v) is 6.46. The van der Waals surface area contributed by atoms with Gasteiger partial charge in [0.05, 0.1) is 11.2 Å². The lowest BCUT2D eigenvalue weighted by Gasteiger charge is -2.11. The molecule has 0 aliphatic heterocycles. The van der Waals surface area contributed by atoms with Gasteiger partial charge in [0, 0.05) is 16.1 Å². The van der Waals surface area contributed by atoms with Crippen LogP contribution >= 0.6 is 23.2 Å². The van der Waals surface area contributed by atoms with Crippen molar-refractivity contribution < 1.29 is 9.13 Å². The molecule has 0 heterocycles. The molecule has 2 rings (SSSR count). The summed E-state index contributed by atoms with van der Waals surface area (Å²) < 4.78 is 19.2. The van der Waals surface area contributed by atoms with Crippen LogP contribution in [0.25, 0.3) is 0 Å². The van der Waals surface area contributed by atoms with Gasteiger partial charge in [-0.3, -0.25) is 0 Å². The molecule has 0 amide bonds. The predicted molar refractivity (Wildman–Crippen MR) is 79.0 cm³/mol. The Morgan fingerprint density at radius 2 is 2.05 bits per heavy atom. The largest absolute Gasteiger partial charge is 0.488 e. The summed E-state index contributed by atoms with van der Waals surface area (Å²) in [6.45, 7) is -0.00144. The Labute approximate surface area is 125 Å². The zero-order chi connectivity index (χ0) is 14.5. The molecule has 0 spiro atoms. The highest BCUT2D eigenvalue weighted by molar-refractivity contribution is 6.31. The minimum Gasteiger partial charge on any atom is -0.488 e. The fourth-order valence-electron chi connectivity index (χ4n) is 1.65. The number of rotatable bonds is 4. The Morgan fingerprint density at radius 3 is 2.75 bits per heavy atom. The molecule has 2 N–H and O–H groups in total. The van der Waals surface area contributed by atoms with Crippen molar-refractivity contribution in [3.8, 4) is 5.75 Å². The molecule has 0 unspecified atom stereocenters. The van der Waals surface area contributed by atoms with Crippen molar-refractivity contribution in [3.05, 3.63) is 63.4 Å². The van der Waals surface area contributed by atoms with Gasteiger partial charge in [-0.2, -0.15) is 5.10 Å². The van der Waals surface area contributed by atoms with Gasteiger partial charge in [-0.25, -0.2) is 4.39 Å². The summed E-state index contributed by atoms with van der Waals surface area (Å²) in [6, 6.07) is 9.44. The fourth-order valence-corrected chi connectivity index (χ4v) is 2.05. The third-order valence-electron chi connectivity index (χ3n) is 2.62. The van der Waals surface area contributed by atoms with Crippen LogP contribution in [-0.2, 0) is 6.61 Å². The summed E-state index contributed by atoms with van der Waals surface area (Å²) in [5.74, 6) is 5.20. The second-order valence-corrected chi connectivity index (χ2v) is 4.79. The average Bonchev–Trinajstić information content (AvgIpc) is 2.40. The van der Waals surface area contributed by atoms with Crippen LogP contribution in [0.15, 0.2) is 41.5 Å². The normalized spacial score (nSPS) is 10.9. The van der Waals surface area contributed by atoms with Crippen LogP contribution in [0.2, 0.25) is 10.0 Å². The van der Waals surface area contributed by atoms with Crippen LogP contribution in [0.4, 0.5) is 4.39 Å². The number of benzene rings is 2. The molecule has 104 valence electrons. The molecule has 20 heavy (non-hydrogen) atoms. The monoisotopic (exact) mass is 312 g/mol. The van der Waals surface area contributed by atoms with Crippen molar-refractivity contribution in [1.82, 2.24) is 0 Å². The van der Waals surface area contributed by atoms with E-state index in [1.54, 1.807) is 24.3 Å². The van der Waals surface area contributed by atoms with Gasteiger partial charge in [0.15, 0.2) is 0 Å². The first-order chi connectivity index (χ1) is 9.61. The summed E-state index contributed by atoms with van der Waals surface area (Å²) in [4.78, 5) is 0. The van der Waals surface area contributed by atoms with Crippen LogP contribution in [-0.4, -0.2) is 6.21 Å². The molecular weight excluding hydrogens is 302 g/mol. The molecule has 0 atom stereocenters. The Balaban J connectivity index is 2.23. The molecule has 2 aromatic carbocycles. The van der Waals surface area contributed by atoms with Crippen LogP contribution < -0.4 is 10.6 Å². The maximum absolute atomic E-state index is 13.6. The van der Waals surface area contributed by atoms with E-state index in [2.05, 4.69) is 5.10 Å². The second kappa shape index (κ2) is 6.59. The predicted octanol–water partition coefficient (Wildman–Crippen LogP) is 4.00. The Hall–Kier alpha value is -1.78. The van der Waals surface area contributed by atoms with Crippen molar-refractivity contribution in [1.29, 1.82) is 0 Å². The van der Waals surface area contributed by atoms with Gasteiger partial charge in [0.2, 0.25) is 0 Å². The van der Waals surface area contributed by atoms with Crippen molar-refractivity contribution >= 4 is 29.4 Å². The summed E-state index contributed by atoms with van der Waals surface area (Å²) >= 11 is 11.8. The molecule has 0 saturated heterocycles. The molecule has 6 heteroatoms. The van der Waals surface area contributed by atoms with Crippen molar-refractivity contribution in [2.45, 2.75) is 6.61 Å². The Morgan fingerprint density at radius 1 is 1.25 bits per heavy atom. The summed E-state index contributed by atoms with van der Waals surface area (Å²) in [7, 11) is 0. The number of hydrogen-bond donors (Lipinski definition) is 1. The van der Waals surface area contributed by atoms with E-state index in [4.69, 9.17) is 33.8 Å². The molecule has 0 saturated carbocycles. The SMILES string of the molecule is NN=Cc1cc(Cl)ccc1OCc1c(F)cccc1Cl. The number of ether oxygens (including phenoxy) is 1. The molecule has 2 aromatic rings. The van der Waals surface area contributed by atoms with Crippen LogP contribution in [0.5, 0.6) is 5.75 Å². The van der Waals surface area contributed by atoms with Crippen LogP contribution in [0.3, 0.4) is 0 Å². The number of hydrazone groups is 1. The average molecular weight is 313 g/mol. The minimum atomic E-state index is -0.416. The first kappa shape index (κ1) is 14.6. The fraction of sp³-hybridized carbons (Fsp3) is 0.0714. The lowest BCUT2D eigenvalue weighted by molar-refractivity contribution is 0.299. The summed E-state index contributed by atoms with van der Waals surface area (Å²) in [5.41, 5.74) is 0.896. The smallest absolute Gasteiger partial charge is 0.131 e. The van der Waals surface area contributed by atoms with Crippen molar-refractivity contribution in [3.63, 3.8) is 0 Å². The number of hydrogen-bond acceptors (Lipinski definition) is 3. The molecule has 3 nitrogen and oxygen atoms in total. The minimum absolute atomic E-state index is 0.00144. The van der Waals surface area contributed by atoms with E-state index in [-0.39, 0.29) is 6.61 Å². The lowest BCUT2D eigenvalue weighted by atomic mass is 10.2. The van der Waals surface area contributed by atoms with Gasteiger partial charge >= 0.3 is 0 Å². The molecule has 0 aliphatic carbocycles. The molecule has 0 bridgehead atoms. The number of nitrogens with two attached hydrogens (primary N) is 1. The zero-order valence-electron chi connectivity index (χ0n) is 10.3. The van der Waals surface area contributed by atoms with E-state index in [0.717, 1.165) is 0 Å². The summed E-state index contributed by atoms with van der Waals surface area (Å²) in [5, 5.41) is 4.27. The molecule has 0 fully saturated rings. The highest BCUT2D eigenvalue weighted by Crippen LogP contribution is 2.25. The van der Waals surface area contributed by atoms with E-state index in [9.17, 15) is 4.39 Å². The highest BCUT2D eigenvalue weighted by Gasteiger charge is 2.09. The molecular formula is C14H11Cl2FN2O. The quantitative estimate of drug-likeness (QED) is 0.527. The highest BCUT2D eigenvalue weighted by atomic mass is 35.5. The van der Waals surface area contributed by atoms with Gasteiger partial charge in [-0.15, -0.1) is 0 Å². The maximum Gasteiger partial charge on any atom is 0.131 e. The van der Waals surface area contributed by atoms with E-state index >= 15 is 0 Å². The Kier molecular flexibility index (Phi) is 4.82. The zero-order valence-corrected chi connectivity index (χ0v) is 11.8. The van der Waals surface area contributed by atoms with Crippen LogP contribution in [0.1, 0.15) is 11.1 Å². The first-order valence-electron chi connectivity index (χ1n) is 5.70. The molecule has 0 aromatic heterocycles. The number of halogens is 3. The van der Waals surface area contributed by atoms with Gasteiger partial charge in [-0.05, 0) is 30.3 Å². The van der Waals surface area contributed by atoms with Gasteiger partial charge in [-0.1, -0.05) is 29.3 Å². The second-order valence-electron chi connectivity index (χ2n) is 3.95. The maximum atomic E-state index is 13.6. The van der Waals surface area contributed by atoms with Gasteiger partial charge in [0.25, 0.3) is 0 Å². The van der Waals surface area contributed by atoms with Gasteiger partial charge < -0.3 is 10.6 Å². The third kappa shape index (κ3) is 3.40. The van der Waals surface area contributed by atoms with E-state index in [1.165, 1.54) is 18.3 Å². The molecule has 0 aliphatic rings. The molecule has 0 radical (unpaired) electrons. The van der Waals surface area contributed by atoms with E-state index in [0.29, 0.717) is 26.9 Å². The van der Waals surface area contributed by atoms with Crippen molar-refractivity contribution in [2.24, 2.45) is 10.9 Å². The van der Waals surface area contributed by atoms with E-state index in [1.807, 2.05) is 0 Å². The Bertz CT molecular complexity index is 627. The topological polar surface area (TPSA) is 47.6 Å². The van der Waals surface area contributed by atoms with Crippen molar-refractivity contribution in [2.75, 3.05) is 0 Å². The van der Waals surface area contributed by atoms with Crippen LogP contribution in [0, 0.1) is 5.82 Å². The summed E-state index contributed by atoms with van der Waals surface area (Å²) in [6.07, 6.45) is 1.41. The number of nitrogens with zero attached hydrogens (tertiary/aromatic N) is 1. The lowest BCUT2D eigenvalue weighted by Crippen LogP contribution is -2.02. The standard InChI is InChI=1S/C14H11Cl2FN2O/c15-10-4-5-14(9(6-10)7-19-18)20-8-11-12(16)2-1-3-13(11)17/h1-7H,8,18H2.